The highest BCUT2D eigenvalue weighted by molar-refractivity contribution is 7.89. The molecule has 32 heavy (non-hydrogen) atoms. The number of hydrogen-bond donors (Lipinski definition) is 1. The number of aromatic nitrogens is 4. The highest BCUT2D eigenvalue weighted by Crippen LogP contribution is 2.41. The first-order chi connectivity index (χ1) is 14.8. The van der Waals surface area contributed by atoms with Crippen molar-refractivity contribution in [1.82, 2.24) is 24.7 Å². The Hall–Kier alpha value is -2.41. The Labute approximate surface area is 185 Å². The summed E-state index contributed by atoms with van der Waals surface area (Å²) in [7, 11) is -4.27. The van der Waals surface area contributed by atoms with E-state index in [0.717, 1.165) is 12.1 Å². The number of halogens is 6. The van der Waals surface area contributed by atoms with Crippen molar-refractivity contribution in [2.75, 3.05) is 0 Å². The maximum absolute atomic E-state index is 13.1. The fourth-order valence-corrected chi connectivity index (χ4v) is 5.41. The molecule has 16 heteroatoms. The number of nitrogens with zero attached hydrogens (tertiary/aromatic N) is 5. The Morgan fingerprint density at radius 1 is 1.31 bits per heavy atom. The topological polar surface area (TPSA) is 94.1 Å². The molecule has 2 heterocycles. The summed E-state index contributed by atoms with van der Waals surface area (Å²) in [5.41, 5.74) is -1.80. The van der Waals surface area contributed by atoms with E-state index >= 15 is 0 Å². The molecule has 0 aliphatic heterocycles. The van der Waals surface area contributed by atoms with E-state index in [1.807, 2.05) is 0 Å². The average Bonchev–Trinajstić information content (AvgIpc) is 3.10. The quantitative estimate of drug-likeness (QED) is 0.390. The summed E-state index contributed by atoms with van der Waals surface area (Å²) < 4.78 is 93.3. The van der Waals surface area contributed by atoms with Crippen LogP contribution in [0.25, 0.3) is 26.4 Å². The van der Waals surface area contributed by atoms with E-state index in [1.165, 1.54) is 0 Å². The van der Waals surface area contributed by atoms with E-state index < -0.39 is 44.7 Å². The van der Waals surface area contributed by atoms with Crippen molar-refractivity contribution in [3.63, 3.8) is 0 Å². The monoisotopic (exact) mass is 512 g/mol. The Kier molecular flexibility index (Phi) is 5.39. The van der Waals surface area contributed by atoms with Gasteiger partial charge >= 0.3 is 6.18 Å². The van der Waals surface area contributed by atoms with Gasteiger partial charge < -0.3 is 0 Å². The SMILES string of the molecule is [C-]#[N+]C1(NS(=O)(=O)c2cc(Cl)c3c(c2)c(-c2nnc(C(F)F)s2)nn3CC(F)(F)F)CC1. The largest absolute Gasteiger partial charge is 0.408 e. The molecule has 0 saturated heterocycles. The third-order valence-corrected chi connectivity index (χ3v) is 7.23. The summed E-state index contributed by atoms with van der Waals surface area (Å²) in [6.07, 6.45) is -7.05. The standard InChI is InChI=1S/C16H10ClF5N6O2S2/c1-23-15(2-3-15)27-32(29,30)7-4-8-10(13-24-25-14(31-13)12(18)19)26-28(6-16(20,21)22)11(8)9(17)5-7/h4-5,12,27H,2-3,6H2. The summed E-state index contributed by atoms with van der Waals surface area (Å²) >= 11 is 6.55. The molecule has 1 saturated carbocycles. The lowest BCUT2D eigenvalue weighted by atomic mass is 10.2. The van der Waals surface area contributed by atoms with Gasteiger partial charge in [-0.15, -0.1) is 14.9 Å². The van der Waals surface area contributed by atoms with E-state index in [-0.39, 0.29) is 26.6 Å². The summed E-state index contributed by atoms with van der Waals surface area (Å²) in [5.74, 6) is 0. The molecule has 0 radical (unpaired) electrons. The molecule has 1 aliphatic carbocycles. The van der Waals surface area contributed by atoms with Crippen molar-refractivity contribution in [2.24, 2.45) is 0 Å². The van der Waals surface area contributed by atoms with Gasteiger partial charge in [-0.05, 0) is 12.1 Å². The van der Waals surface area contributed by atoms with Crippen LogP contribution in [-0.2, 0) is 16.6 Å². The van der Waals surface area contributed by atoms with E-state index in [0.29, 0.717) is 28.9 Å². The summed E-state index contributed by atoms with van der Waals surface area (Å²) in [5, 5.41) is 9.25. The van der Waals surface area contributed by atoms with Crippen LogP contribution in [0.5, 0.6) is 0 Å². The third kappa shape index (κ3) is 4.27. The maximum Gasteiger partial charge on any atom is 0.408 e. The lowest BCUT2D eigenvalue weighted by Gasteiger charge is -2.10. The van der Waals surface area contributed by atoms with Crippen molar-refractivity contribution >= 4 is 43.9 Å². The van der Waals surface area contributed by atoms with Crippen molar-refractivity contribution in [3.8, 4) is 10.7 Å². The number of hydrogen-bond acceptors (Lipinski definition) is 6. The predicted molar refractivity (Wildman–Crippen MR) is 104 cm³/mol. The molecule has 2 aromatic heterocycles. The molecule has 4 rings (SSSR count). The fraction of sp³-hybridized carbons (Fsp3) is 0.375. The average molecular weight is 513 g/mol. The van der Waals surface area contributed by atoms with E-state index in [1.54, 1.807) is 0 Å². The molecule has 0 atom stereocenters. The molecular formula is C16H10ClF5N6O2S2. The molecule has 1 aliphatic rings. The number of sulfonamides is 1. The number of benzene rings is 1. The molecule has 0 bridgehead atoms. The molecule has 1 aromatic carbocycles. The minimum atomic E-state index is -4.70. The molecular weight excluding hydrogens is 503 g/mol. The summed E-state index contributed by atoms with van der Waals surface area (Å²) in [6, 6.07) is 1.96. The van der Waals surface area contributed by atoms with Crippen molar-refractivity contribution < 1.29 is 30.4 Å². The van der Waals surface area contributed by atoms with Crippen LogP contribution in [0, 0.1) is 6.57 Å². The molecule has 0 amide bonds. The van der Waals surface area contributed by atoms with Crippen LogP contribution >= 0.6 is 22.9 Å². The molecule has 8 nitrogen and oxygen atoms in total. The van der Waals surface area contributed by atoms with Gasteiger partial charge in [0.15, 0.2) is 10.0 Å². The van der Waals surface area contributed by atoms with Gasteiger partial charge in [0, 0.05) is 5.39 Å². The van der Waals surface area contributed by atoms with Gasteiger partial charge in [-0.1, -0.05) is 22.9 Å². The van der Waals surface area contributed by atoms with Crippen LogP contribution in [-0.4, -0.2) is 40.2 Å². The first-order valence-corrected chi connectivity index (χ1v) is 11.3. The number of alkyl halides is 5. The van der Waals surface area contributed by atoms with Crippen LogP contribution in [0.1, 0.15) is 24.3 Å². The number of rotatable bonds is 6. The Balaban J connectivity index is 1.91. The van der Waals surface area contributed by atoms with Crippen LogP contribution < -0.4 is 4.72 Å². The Morgan fingerprint density at radius 3 is 2.53 bits per heavy atom. The third-order valence-electron chi connectivity index (χ3n) is 4.50. The predicted octanol–water partition coefficient (Wildman–Crippen LogP) is 4.40. The molecule has 170 valence electrons. The Morgan fingerprint density at radius 2 is 2.00 bits per heavy atom. The van der Waals surface area contributed by atoms with Crippen LogP contribution in [0.4, 0.5) is 22.0 Å². The first kappa shape index (κ1) is 22.8. The van der Waals surface area contributed by atoms with E-state index in [2.05, 4.69) is 24.9 Å². The second kappa shape index (κ2) is 7.58. The molecule has 1 fully saturated rings. The van der Waals surface area contributed by atoms with Crippen molar-refractivity contribution in [3.05, 3.63) is 33.6 Å². The zero-order chi connectivity index (χ0) is 23.5. The zero-order valence-corrected chi connectivity index (χ0v) is 17.9. The van der Waals surface area contributed by atoms with E-state index in [4.69, 9.17) is 18.2 Å². The lowest BCUT2D eigenvalue weighted by Crippen LogP contribution is -2.34. The first-order valence-electron chi connectivity index (χ1n) is 8.65. The van der Waals surface area contributed by atoms with E-state index in [9.17, 15) is 30.4 Å². The number of nitrogens with one attached hydrogen (secondary N) is 1. The second-order valence-corrected chi connectivity index (χ2v) is 10.0. The fourth-order valence-electron chi connectivity index (χ4n) is 2.92. The highest BCUT2D eigenvalue weighted by atomic mass is 35.5. The highest BCUT2D eigenvalue weighted by Gasteiger charge is 2.54. The van der Waals surface area contributed by atoms with Gasteiger partial charge in [0.25, 0.3) is 12.1 Å². The smallest absolute Gasteiger partial charge is 0.292 e. The van der Waals surface area contributed by atoms with Gasteiger partial charge in [-0.25, -0.2) is 23.8 Å². The van der Waals surface area contributed by atoms with Gasteiger partial charge in [0.05, 0.1) is 28.3 Å². The molecule has 0 unspecified atom stereocenters. The van der Waals surface area contributed by atoms with Crippen molar-refractivity contribution in [2.45, 2.75) is 42.5 Å². The van der Waals surface area contributed by atoms with Crippen LogP contribution in [0.2, 0.25) is 5.02 Å². The molecule has 0 spiro atoms. The maximum atomic E-state index is 13.1. The molecule has 1 N–H and O–H groups in total. The van der Waals surface area contributed by atoms with Crippen LogP contribution in [0.15, 0.2) is 17.0 Å². The van der Waals surface area contributed by atoms with Gasteiger partial charge in [-0.2, -0.15) is 18.3 Å². The molecule has 3 aromatic rings. The Bertz CT molecular complexity index is 1360. The van der Waals surface area contributed by atoms with Gasteiger partial charge in [0.1, 0.15) is 12.2 Å². The second-order valence-electron chi connectivity index (χ2n) is 6.92. The normalized spacial score (nSPS) is 15.9. The lowest BCUT2D eigenvalue weighted by molar-refractivity contribution is -0.141. The summed E-state index contributed by atoms with van der Waals surface area (Å²) in [4.78, 5) is 2.83. The van der Waals surface area contributed by atoms with Gasteiger partial charge in [-0.3, -0.25) is 9.53 Å². The minimum absolute atomic E-state index is 0.147. The van der Waals surface area contributed by atoms with Crippen LogP contribution in [0.3, 0.4) is 0 Å². The van der Waals surface area contributed by atoms with Gasteiger partial charge in [0.2, 0.25) is 10.0 Å². The number of fused-ring (bicyclic) bond motifs is 1. The summed E-state index contributed by atoms with van der Waals surface area (Å²) in [6.45, 7) is 5.57. The minimum Gasteiger partial charge on any atom is -0.292 e. The zero-order valence-electron chi connectivity index (χ0n) is 15.5. The van der Waals surface area contributed by atoms with Crippen molar-refractivity contribution in [1.29, 1.82) is 0 Å².